The highest BCUT2D eigenvalue weighted by Crippen LogP contribution is 2.16. The second-order valence-electron chi connectivity index (χ2n) is 20.6. The molecule has 1 atom stereocenters. The van der Waals surface area contributed by atoms with Crippen molar-refractivity contribution in [1.29, 1.82) is 0 Å². The number of allylic oxidation sites excluding steroid dienone is 10. The molecule has 0 fully saturated rings. The summed E-state index contributed by atoms with van der Waals surface area (Å²) in [5, 5.41) is 0. The average molecular weight is 994 g/mol. The number of ether oxygens (including phenoxy) is 3. The number of unbranched alkanes of at least 4 members (excludes halogenated alkanes) is 35. The Bertz CT molecular complexity index is 1280. The largest absolute Gasteiger partial charge is 0.462 e. The van der Waals surface area contributed by atoms with Crippen LogP contribution in [0.25, 0.3) is 0 Å². The highest BCUT2D eigenvalue weighted by Gasteiger charge is 2.19. The van der Waals surface area contributed by atoms with Crippen LogP contribution < -0.4 is 0 Å². The molecule has 0 aromatic heterocycles. The van der Waals surface area contributed by atoms with E-state index in [0.717, 1.165) is 83.5 Å². The SMILES string of the molecule is CCCCCC/C=C\C/C=C\CCCCCCCCCC(=O)OC(COC(=O)CCCCCCC/C=C\CCCCCCC)COC(=O)CCCCCCCCCCC/C=C\C/C=C\CCCCCCC. The molecule has 0 aliphatic heterocycles. The summed E-state index contributed by atoms with van der Waals surface area (Å²) < 4.78 is 16.9. The van der Waals surface area contributed by atoms with Crippen molar-refractivity contribution < 1.29 is 28.6 Å². The van der Waals surface area contributed by atoms with E-state index >= 15 is 0 Å². The van der Waals surface area contributed by atoms with Crippen molar-refractivity contribution in [2.24, 2.45) is 0 Å². The number of esters is 3. The van der Waals surface area contributed by atoms with Gasteiger partial charge in [-0.05, 0) is 109 Å². The molecule has 6 heteroatoms. The van der Waals surface area contributed by atoms with Crippen LogP contribution >= 0.6 is 0 Å². The third kappa shape index (κ3) is 57.9. The van der Waals surface area contributed by atoms with Crippen LogP contribution in [0.1, 0.15) is 316 Å². The molecular weight excluding hydrogens is 877 g/mol. The summed E-state index contributed by atoms with van der Waals surface area (Å²) >= 11 is 0. The van der Waals surface area contributed by atoms with Gasteiger partial charge in [-0.3, -0.25) is 14.4 Å². The number of carbonyl (C=O) groups is 3. The van der Waals surface area contributed by atoms with Crippen molar-refractivity contribution in [3.63, 3.8) is 0 Å². The Morgan fingerprint density at radius 2 is 0.507 bits per heavy atom. The van der Waals surface area contributed by atoms with E-state index in [9.17, 15) is 14.4 Å². The molecule has 6 nitrogen and oxygen atoms in total. The first-order valence-corrected chi connectivity index (χ1v) is 30.8. The van der Waals surface area contributed by atoms with Crippen LogP contribution in [0.15, 0.2) is 60.8 Å². The zero-order valence-electron chi connectivity index (χ0n) is 47.2. The van der Waals surface area contributed by atoms with E-state index in [-0.39, 0.29) is 31.1 Å². The lowest BCUT2D eigenvalue weighted by Crippen LogP contribution is -2.30. The Kier molecular flexibility index (Phi) is 57.2. The fraction of sp³-hybridized carbons (Fsp3) is 0.800. The zero-order valence-corrected chi connectivity index (χ0v) is 47.2. The first-order valence-electron chi connectivity index (χ1n) is 30.8. The van der Waals surface area contributed by atoms with Gasteiger partial charge in [0.15, 0.2) is 6.10 Å². The predicted octanol–water partition coefficient (Wildman–Crippen LogP) is 20.8. The van der Waals surface area contributed by atoms with Gasteiger partial charge in [-0.15, -0.1) is 0 Å². The van der Waals surface area contributed by atoms with E-state index in [0.29, 0.717) is 19.3 Å². The van der Waals surface area contributed by atoms with Crippen LogP contribution in [-0.2, 0) is 28.6 Å². The lowest BCUT2D eigenvalue weighted by Gasteiger charge is -2.18. The molecule has 0 aliphatic rings. The Morgan fingerprint density at radius 1 is 0.282 bits per heavy atom. The van der Waals surface area contributed by atoms with Crippen molar-refractivity contribution in [1.82, 2.24) is 0 Å². The van der Waals surface area contributed by atoms with Crippen molar-refractivity contribution in [2.45, 2.75) is 322 Å². The second kappa shape index (κ2) is 59.7. The summed E-state index contributed by atoms with van der Waals surface area (Å²) in [6.07, 6.45) is 75.0. The van der Waals surface area contributed by atoms with Gasteiger partial charge in [-0.25, -0.2) is 0 Å². The number of hydrogen-bond acceptors (Lipinski definition) is 6. The highest BCUT2D eigenvalue weighted by molar-refractivity contribution is 5.71. The van der Waals surface area contributed by atoms with Crippen molar-refractivity contribution in [3.05, 3.63) is 60.8 Å². The van der Waals surface area contributed by atoms with Gasteiger partial charge in [-0.1, -0.05) is 248 Å². The molecule has 0 aromatic carbocycles. The van der Waals surface area contributed by atoms with E-state index in [1.165, 1.54) is 193 Å². The van der Waals surface area contributed by atoms with Gasteiger partial charge in [0, 0.05) is 19.3 Å². The van der Waals surface area contributed by atoms with Crippen molar-refractivity contribution in [2.75, 3.05) is 13.2 Å². The van der Waals surface area contributed by atoms with Gasteiger partial charge in [0.05, 0.1) is 0 Å². The summed E-state index contributed by atoms with van der Waals surface area (Å²) in [6, 6.07) is 0. The standard InChI is InChI=1S/C65H116O6/c1-4-7-10-13-16-19-22-25-28-30-32-33-34-36-37-40-43-46-49-52-55-58-64(67)70-61-62(60-69-63(66)57-54-51-48-45-42-39-27-24-21-18-15-12-9-6-3)71-65(68)59-56-53-50-47-44-41-38-35-31-29-26-23-20-17-14-11-8-5-2/h20,22-25,27,29-32,62H,4-19,21,26,28,33-61H2,1-3H3/b23-20-,25-22-,27-24-,31-29-,32-30-. The molecule has 0 aromatic rings. The minimum absolute atomic E-state index is 0.0811. The number of carbonyl (C=O) groups excluding carboxylic acids is 3. The summed E-state index contributed by atoms with van der Waals surface area (Å²) in [7, 11) is 0. The molecule has 0 saturated heterocycles. The highest BCUT2D eigenvalue weighted by atomic mass is 16.6. The molecule has 0 rings (SSSR count). The van der Waals surface area contributed by atoms with Crippen molar-refractivity contribution >= 4 is 17.9 Å². The van der Waals surface area contributed by atoms with Crippen LogP contribution in [0.4, 0.5) is 0 Å². The minimum atomic E-state index is -0.784. The number of rotatable bonds is 56. The zero-order chi connectivity index (χ0) is 51.4. The van der Waals surface area contributed by atoms with Gasteiger partial charge in [0.2, 0.25) is 0 Å². The summed E-state index contributed by atoms with van der Waals surface area (Å²) in [5.74, 6) is -0.888. The summed E-state index contributed by atoms with van der Waals surface area (Å²) in [6.45, 7) is 6.62. The third-order valence-electron chi connectivity index (χ3n) is 13.5. The first kappa shape index (κ1) is 68.1. The lowest BCUT2D eigenvalue weighted by atomic mass is 10.1. The quantitative estimate of drug-likeness (QED) is 0.0261. The van der Waals surface area contributed by atoms with Crippen LogP contribution in [0.2, 0.25) is 0 Å². The molecule has 412 valence electrons. The molecular formula is C65H116O6. The normalized spacial score (nSPS) is 12.4. The van der Waals surface area contributed by atoms with Crippen LogP contribution in [-0.4, -0.2) is 37.2 Å². The monoisotopic (exact) mass is 993 g/mol. The van der Waals surface area contributed by atoms with E-state index in [4.69, 9.17) is 14.2 Å². The minimum Gasteiger partial charge on any atom is -0.462 e. The van der Waals surface area contributed by atoms with Gasteiger partial charge >= 0.3 is 17.9 Å². The molecule has 0 spiro atoms. The van der Waals surface area contributed by atoms with Gasteiger partial charge in [-0.2, -0.15) is 0 Å². The predicted molar refractivity (Wildman–Crippen MR) is 307 cm³/mol. The van der Waals surface area contributed by atoms with E-state index in [2.05, 4.69) is 81.5 Å². The molecule has 0 bridgehead atoms. The van der Waals surface area contributed by atoms with E-state index < -0.39 is 6.10 Å². The van der Waals surface area contributed by atoms with Gasteiger partial charge in [0.25, 0.3) is 0 Å². The Hall–Kier alpha value is -2.89. The first-order chi connectivity index (χ1) is 35.0. The number of hydrogen-bond donors (Lipinski definition) is 0. The Balaban J connectivity index is 4.37. The Labute approximate surface area is 440 Å². The van der Waals surface area contributed by atoms with Gasteiger partial charge in [0.1, 0.15) is 13.2 Å². The molecule has 0 saturated carbocycles. The van der Waals surface area contributed by atoms with Crippen LogP contribution in [0.3, 0.4) is 0 Å². The topological polar surface area (TPSA) is 78.9 Å². The van der Waals surface area contributed by atoms with E-state index in [1.807, 2.05) is 0 Å². The summed E-state index contributed by atoms with van der Waals surface area (Å²) in [4.78, 5) is 38.2. The molecule has 0 N–H and O–H groups in total. The molecule has 0 heterocycles. The van der Waals surface area contributed by atoms with Crippen molar-refractivity contribution in [3.8, 4) is 0 Å². The van der Waals surface area contributed by atoms with E-state index in [1.54, 1.807) is 0 Å². The third-order valence-corrected chi connectivity index (χ3v) is 13.5. The molecule has 0 radical (unpaired) electrons. The maximum absolute atomic E-state index is 12.9. The maximum Gasteiger partial charge on any atom is 0.306 e. The fourth-order valence-electron chi connectivity index (χ4n) is 8.79. The smallest absolute Gasteiger partial charge is 0.306 e. The molecule has 0 aliphatic carbocycles. The Morgan fingerprint density at radius 3 is 0.803 bits per heavy atom. The fourth-order valence-corrected chi connectivity index (χ4v) is 8.79. The van der Waals surface area contributed by atoms with Crippen LogP contribution in [0, 0.1) is 0 Å². The maximum atomic E-state index is 12.9. The lowest BCUT2D eigenvalue weighted by molar-refractivity contribution is -0.167. The molecule has 1 unspecified atom stereocenters. The van der Waals surface area contributed by atoms with Gasteiger partial charge < -0.3 is 14.2 Å². The molecule has 71 heavy (non-hydrogen) atoms. The van der Waals surface area contributed by atoms with Crippen LogP contribution in [0.5, 0.6) is 0 Å². The second-order valence-corrected chi connectivity index (χ2v) is 20.6. The molecule has 0 amide bonds. The average Bonchev–Trinajstić information content (AvgIpc) is 3.37. The summed E-state index contributed by atoms with van der Waals surface area (Å²) in [5.41, 5.74) is 0.